The highest BCUT2D eigenvalue weighted by Crippen LogP contribution is 2.45. The summed E-state index contributed by atoms with van der Waals surface area (Å²) >= 11 is 14.1. The molecule has 0 amide bonds. The summed E-state index contributed by atoms with van der Waals surface area (Å²) < 4.78 is 37.3. The van der Waals surface area contributed by atoms with Gasteiger partial charge in [0.2, 0.25) is 0 Å². The molecule has 0 aliphatic carbocycles. The number of benzene rings is 4. The fourth-order valence-electron chi connectivity index (χ4n) is 3.63. The summed E-state index contributed by atoms with van der Waals surface area (Å²) in [5.41, 5.74) is 3.28. The van der Waals surface area contributed by atoms with Gasteiger partial charge < -0.3 is 4.74 Å². The van der Waals surface area contributed by atoms with Gasteiger partial charge in [0.1, 0.15) is 23.8 Å². The summed E-state index contributed by atoms with van der Waals surface area (Å²) in [5, 5.41) is 0. The smallest absolute Gasteiger partial charge is 0.125 e. The Morgan fingerprint density at radius 1 is 0.515 bits per heavy atom. The van der Waals surface area contributed by atoms with Gasteiger partial charge in [-0.25, -0.2) is 8.78 Å². The molecule has 0 N–H and O–H groups in total. The van der Waals surface area contributed by atoms with Crippen LogP contribution in [0.25, 0.3) is 0 Å². The van der Waals surface area contributed by atoms with Crippen molar-refractivity contribution < 1.29 is 13.5 Å². The quantitative estimate of drug-likeness (QED) is 0.195. The van der Waals surface area contributed by atoms with Crippen LogP contribution in [0.15, 0.2) is 103 Å². The fourth-order valence-corrected chi connectivity index (χ4v) is 6.72. The lowest BCUT2D eigenvalue weighted by Gasteiger charge is -2.29. The summed E-state index contributed by atoms with van der Waals surface area (Å²) in [6.45, 7) is 0. The molecule has 4 rings (SSSR count). The van der Waals surface area contributed by atoms with Crippen molar-refractivity contribution in [1.82, 2.24) is 0 Å². The van der Waals surface area contributed by atoms with Crippen molar-refractivity contribution in [2.75, 3.05) is 0 Å². The highest BCUT2D eigenvalue weighted by atomic mass is 79.9. The van der Waals surface area contributed by atoms with Crippen LogP contribution in [0.1, 0.15) is 34.5 Å². The Bertz CT molecular complexity index is 1120. The van der Waals surface area contributed by atoms with Crippen LogP contribution < -0.4 is 0 Å². The number of ether oxygens (including phenoxy) is 1. The van der Waals surface area contributed by atoms with Crippen LogP contribution in [0.5, 0.6) is 0 Å². The normalized spacial score (nSPS) is 13.0. The Labute approximate surface area is 224 Å². The van der Waals surface area contributed by atoms with Gasteiger partial charge >= 0.3 is 0 Å². The van der Waals surface area contributed by atoms with Gasteiger partial charge in [0.15, 0.2) is 0 Å². The molecular weight excluding hydrogens is 686 g/mol. The minimum Gasteiger partial charge on any atom is -0.356 e. The monoisotopic (exact) mass is 698 g/mol. The minimum atomic E-state index is -0.565. The lowest BCUT2D eigenvalue weighted by atomic mass is 9.97. The first-order chi connectivity index (χ1) is 15.8. The molecule has 0 bridgehead atoms. The van der Waals surface area contributed by atoms with E-state index in [2.05, 4.69) is 63.7 Å². The van der Waals surface area contributed by atoms with E-state index in [4.69, 9.17) is 4.74 Å². The zero-order valence-electron chi connectivity index (χ0n) is 16.9. The molecule has 0 spiro atoms. The summed E-state index contributed by atoms with van der Waals surface area (Å²) in [7, 11) is 0. The van der Waals surface area contributed by atoms with Crippen LogP contribution in [0, 0.1) is 11.6 Å². The second kappa shape index (κ2) is 10.9. The zero-order valence-corrected chi connectivity index (χ0v) is 23.3. The first-order valence-electron chi connectivity index (χ1n) is 9.89. The molecule has 4 aromatic carbocycles. The van der Waals surface area contributed by atoms with E-state index in [1.54, 1.807) is 0 Å². The Morgan fingerprint density at radius 2 is 0.818 bits per heavy atom. The highest BCUT2D eigenvalue weighted by Gasteiger charge is 2.29. The third kappa shape index (κ3) is 5.65. The standard InChI is InChI=1S/C26H16Br4F2O/c27-19-11-17(31)12-20(28)23(19)25(15-7-3-1-4-8-15)33-26(16-9-5-2-6-10-16)24-21(29)13-18(32)14-22(24)30/h1-14,25-26H. The maximum Gasteiger partial charge on any atom is 0.125 e. The van der Waals surface area contributed by atoms with Crippen molar-refractivity contribution >= 4 is 63.7 Å². The average molecular weight is 702 g/mol. The van der Waals surface area contributed by atoms with E-state index in [0.717, 1.165) is 22.3 Å². The molecular formula is C26H16Br4F2O. The van der Waals surface area contributed by atoms with E-state index in [1.807, 2.05) is 60.7 Å². The molecule has 2 atom stereocenters. The van der Waals surface area contributed by atoms with Crippen molar-refractivity contribution in [3.63, 3.8) is 0 Å². The number of halogens is 6. The Balaban J connectivity index is 1.92. The van der Waals surface area contributed by atoms with Gasteiger partial charge in [-0.2, -0.15) is 0 Å². The highest BCUT2D eigenvalue weighted by molar-refractivity contribution is 9.11. The Morgan fingerprint density at radius 3 is 1.12 bits per heavy atom. The van der Waals surface area contributed by atoms with E-state index in [0.29, 0.717) is 17.9 Å². The zero-order chi connectivity index (χ0) is 23.5. The molecule has 2 unspecified atom stereocenters. The van der Waals surface area contributed by atoms with E-state index in [-0.39, 0.29) is 11.6 Å². The van der Waals surface area contributed by atoms with Crippen molar-refractivity contribution in [2.24, 2.45) is 0 Å². The predicted molar refractivity (Wildman–Crippen MR) is 141 cm³/mol. The molecule has 0 fully saturated rings. The topological polar surface area (TPSA) is 9.23 Å². The van der Waals surface area contributed by atoms with Crippen molar-refractivity contribution in [2.45, 2.75) is 12.2 Å². The fraction of sp³-hybridized carbons (Fsp3) is 0.0769. The molecule has 168 valence electrons. The first kappa shape index (κ1) is 24.7. The minimum absolute atomic E-state index is 0.368. The molecule has 0 saturated carbocycles. The largest absolute Gasteiger partial charge is 0.356 e. The van der Waals surface area contributed by atoms with Crippen LogP contribution in [0.2, 0.25) is 0 Å². The van der Waals surface area contributed by atoms with Crippen LogP contribution in [0.4, 0.5) is 8.78 Å². The lowest BCUT2D eigenvalue weighted by molar-refractivity contribution is 0.0292. The molecule has 0 aliphatic rings. The maximum absolute atomic E-state index is 14.1. The van der Waals surface area contributed by atoms with Gasteiger partial charge in [0, 0.05) is 29.0 Å². The van der Waals surface area contributed by atoms with Gasteiger partial charge in [-0.3, -0.25) is 0 Å². The average Bonchev–Trinajstić information content (AvgIpc) is 2.77. The molecule has 33 heavy (non-hydrogen) atoms. The van der Waals surface area contributed by atoms with Gasteiger partial charge in [-0.15, -0.1) is 0 Å². The molecule has 0 saturated heterocycles. The molecule has 1 nitrogen and oxygen atoms in total. The van der Waals surface area contributed by atoms with Gasteiger partial charge in [-0.1, -0.05) is 124 Å². The second-order valence-electron chi connectivity index (χ2n) is 7.28. The molecule has 0 aliphatic heterocycles. The van der Waals surface area contributed by atoms with Crippen molar-refractivity contribution in [3.8, 4) is 0 Å². The third-order valence-corrected chi connectivity index (χ3v) is 7.71. The summed E-state index contributed by atoms with van der Waals surface area (Å²) in [6.07, 6.45) is -1.13. The summed E-state index contributed by atoms with van der Waals surface area (Å²) in [5.74, 6) is -0.735. The number of hydrogen-bond donors (Lipinski definition) is 0. The third-order valence-electron chi connectivity index (χ3n) is 5.09. The lowest BCUT2D eigenvalue weighted by Crippen LogP contribution is -2.15. The van der Waals surface area contributed by atoms with Gasteiger partial charge in [0.05, 0.1) is 0 Å². The number of hydrogen-bond acceptors (Lipinski definition) is 1. The molecule has 0 radical (unpaired) electrons. The molecule has 0 heterocycles. The SMILES string of the molecule is Fc1cc(Br)c(C(OC(c2ccccc2)c2c(Br)cc(F)cc2Br)c2ccccc2)c(Br)c1. The van der Waals surface area contributed by atoms with E-state index in [9.17, 15) is 8.78 Å². The second-order valence-corrected chi connectivity index (χ2v) is 10.7. The molecule has 7 heteroatoms. The van der Waals surface area contributed by atoms with Crippen LogP contribution in [-0.4, -0.2) is 0 Å². The van der Waals surface area contributed by atoms with E-state index < -0.39 is 12.2 Å². The van der Waals surface area contributed by atoms with Crippen molar-refractivity contribution in [3.05, 3.63) is 137 Å². The van der Waals surface area contributed by atoms with E-state index >= 15 is 0 Å². The van der Waals surface area contributed by atoms with E-state index in [1.165, 1.54) is 24.3 Å². The Hall–Kier alpha value is -1.38. The van der Waals surface area contributed by atoms with Gasteiger partial charge in [-0.05, 0) is 35.4 Å². The first-order valence-corrected chi connectivity index (χ1v) is 13.1. The van der Waals surface area contributed by atoms with Crippen molar-refractivity contribution in [1.29, 1.82) is 0 Å². The number of rotatable bonds is 6. The predicted octanol–water partition coefficient (Wildman–Crippen LogP) is 9.91. The molecule has 4 aromatic rings. The van der Waals surface area contributed by atoms with Crippen LogP contribution in [0.3, 0.4) is 0 Å². The maximum atomic E-state index is 14.1. The molecule has 0 aromatic heterocycles. The van der Waals surface area contributed by atoms with Crippen LogP contribution >= 0.6 is 63.7 Å². The summed E-state index contributed by atoms with van der Waals surface area (Å²) in [6, 6.07) is 25.1. The summed E-state index contributed by atoms with van der Waals surface area (Å²) in [4.78, 5) is 0. The Kier molecular flexibility index (Phi) is 8.18. The van der Waals surface area contributed by atoms with Crippen LogP contribution in [-0.2, 0) is 4.74 Å². The van der Waals surface area contributed by atoms with Gasteiger partial charge in [0.25, 0.3) is 0 Å².